The summed E-state index contributed by atoms with van der Waals surface area (Å²) in [5.74, 6) is 1.07. The number of guanidine groups is 1. The standard InChI is InChI=1S/C25H31N7O2.3ClH/c1-16-11-12-19-18(15-16)22(30-20-9-5-6-10-21(20)31-25(26)27)32-23(29-19)24(33)28-13-14-34-17-7-3-2-4-8-17;;;/h2-4,7-8,11-12,15,20-21H,5-6,9-10,13-14H2,1H3,(H,28,33)(H4,26,27,31)(H,29,30,32);3*1H/t20-,21+;;;/m0.../s1. The van der Waals surface area contributed by atoms with E-state index in [1.807, 2.05) is 55.5 Å². The van der Waals surface area contributed by atoms with Crippen molar-refractivity contribution >= 4 is 65.8 Å². The molecule has 0 aliphatic heterocycles. The Hall–Kier alpha value is -3.01. The molecule has 37 heavy (non-hydrogen) atoms. The van der Waals surface area contributed by atoms with Crippen molar-refractivity contribution in [2.45, 2.75) is 44.7 Å². The molecule has 1 saturated carbocycles. The van der Waals surface area contributed by atoms with Crippen molar-refractivity contribution in [3.8, 4) is 5.75 Å². The number of amides is 1. The molecule has 1 heterocycles. The third-order valence-electron chi connectivity index (χ3n) is 5.88. The average Bonchev–Trinajstić information content (AvgIpc) is 2.83. The Bertz CT molecular complexity index is 1170. The molecule has 4 rings (SSSR count). The van der Waals surface area contributed by atoms with Crippen LogP contribution in [0.25, 0.3) is 10.9 Å². The second-order valence-electron chi connectivity index (χ2n) is 8.53. The lowest BCUT2D eigenvalue weighted by Gasteiger charge is -2.33. The maximum absolute atomic E-state index is 12.8. The summed E-state index contributed by atoms with van der Waals surface area (Å²) in [6.45, 7) is 2.68. The van der Waals surface area contributed by atoms with E-state index < -0.39 is 0 Å². The summed E-state index contributed by atoms with van der Waals surface area (Å²) in [6.07, 6.45) is 3.98. The molecule has 6 N–H and O–H groups in total. The molecule has 2 aromatic carbocycles. The lowest BCUT2D eigenvalue weighted by molar-refractivity contribution is 0.0937. The van der Waals surface area contributed by atoms with Crippen molar-refractivity contribution in [2.24, 2.45) is 5.73 Å². The number of halogens is 3. The average molecular weight is 571 g/mol. The van der Waals surface area contributed by atoms with Gasteiger partial charge >= 0.3 is 0 Å². The van der Waals surface area contributed by atoms with Gasteiger partial charge in [-0.05, 0) is 44.0 Å². The van der Waals surface area contributed by atoms with Crippen LogP contribution in [0.5, 0.6) is 5.75 Å². The number of nitrogens with two attached hydrogens (primary N) is 1. The number of hydrogen-bond acceptors (Lipinski definition) is 6. The zero-order valence-electron chi connectivity index (χ0n) is 20.5. The van der Waals surface area contributed by atoms with Gasteiger partial charge < -0.3 is 26.4 Å². The number of rotatable bonds is 8. The Labute approximate surface area is 235 Å². The molecular formula is C25H34Cl3N7O2. The number of carbonyl (C=O) groups excluding carboxylic acids is 1. The van der Waals surface area contributed by atoms with Gasteiger partial charge in [-0.15, -0.1) is 37.2 Å². The molecule has 9 nitrogen and oxygen atoms in total. The highest BCUT2D eigenvalue weighted by Crippen LogP contribution is 2.27. The Balaban J connectivity index is 0.00000228. The van der Waals surface area contributed by atoms with Crippen LogP contribution in [-0.4, -0.2) is 47.1 Å². The van der Waals surface area contributed by atoms with Gasteiger partial charge in [-0.25, -0.2) is 9.97 Å². The second kappa shape index (κ2) is 15.3. The number of para-hydroxylation sites is 1. The first-order valence-corrected chi connectivity index (χ1v) is 11.6. The van der Waals surface area contributed by atoms with Gasteiger partial charge in [0.05, 0.1) is 12.1 Å². The molecule has 1 fully saturated rings. The van der Waals surface area contributed by atoms with E-state index in [1.54, 1.807) is 0 Å². The van der Waals surface area contributed by atoms with E-state index in [1.165, 1.54) is 0 Å². The lowest BCUT2D eigenvalue weighted by Crippen LogP contribution is -2.50. The van der Waals surface area contributed by atoms with Crippen molar-refractivity contribution < 1.29 is 9.53 Å². The highest BCUT2D eigenvalue weighted by Gasteiger charge is 2.27. The Kier molecular flexibility index (Phi) is 13.2. The van der Waals surface area contributed by atoms with Gasteiger partial charge in [0.15, 0.2) is 5.96 Å². The van der Waals surface area contributed by atoms with Gasteiger partial charge in [0.25, 0.3) is 5.91 Å². The summed E-state index contributed by atoms with van der Waals surface area (Å²) >= 11 is 0. The second-order valence-corrected chi connectivity index (χ2v) is 8.53. The lowest BCUT2D eigenvalue weighted by atomic mass is 9.90. The highest BCUT2D eigenvalue weighted by molar-refractivity contribution is 5.96. The third-order valence-corrected chi connectivity index (χ3v) is 5.88. The van der Waals surface area contributed by atoms with Crippen LogP contribution in [0.4, 0.5) is 5.82 Å². The highest BCUT2D eigenvalue weighted by atomic mass is 35.5. The van der Waals surface area contributed by atoms with Crippen molar-refractivity contribution in [3.63, 3.8) is 0 Å². The van der Waals surface area contributed by atoms with Gasteiger partial charge in [-0.1, -0.05) is 42.7 Å². The maximum Gasteiger partial charge on any atom is 0.289 e. The van der Waals surface area contributed by atoms with E-state index in [0.717, 1.165) is 42.4 Å². The monoisotopic (exact) mass is 569 g/mol. The van der Waals surface area contributed by atoms with E-state index in [2.05, 4.69) is 25.9 Å². The number of carbonyl (C=O) groups is 1. The molecule has 1 aromatic heterocycles. The van der Waals surface area contributed by atoms with E-state index >= 15 is 0 Å². The predicted molar refractivity (Wildman–Crippen MR) is 155 cm³/mol. The molecule has 0 bridgehead atoms. The predicted octanol–water partition coefficient (Wildman–Crippen LogP) is 4.22. The summed E-state index contributed by atoms with van der Waals surface area (Å²) in [6, 6.07) is 15.4. The quantitative estimate of drug-likeness (QED) is 0.155. The largest absolute Gasteiger partial charge is 0.492 e. The zero-order chi connectivity index (χ0) is 23.9. The summed E-state index contributed by atoms with van der Waals surface area (Å²) < 4.78 is 5.64. The number of nitrogens with zero attached hydrogens (tertiary/aromatic N) is 2. The van der Waals surface area contributed by atoms with Gasteiger partial charge in [-0.3, -0.25) is 10.2 Å². The first-order chi connectivity index (χ1) is 16.5. The van der Waals surface area contributed by atoms with E-state index in [4.69, 9.17) is 15.9 Å². The summed E-state index contributed by atoms with van der Waals surface area (Å²) in [5, 5.41) is 17.9. The normalized spacial score (nSPS) is 16.2. The molecule has 3 aromatic rings. The first kappa shape index (κ1) is 32.0. The number of benzene rings is 2. The number of aryl methyl sites for hydroxylation is 1. The Morgan fingerprint density at radius 3 is 2.46 bits per heavy atom. The smallest absolute Gasteiger partial charge is 0.289 e. The molecular weight excluding hydrogens is 537 g/mol. The molecule has 1 aliphatic rings. The van der Waals surface area contributed by atoms with Crippen molar-refractivity contribution in [2.75, 3.05) is 18.5 Å². The fourth-order valence-corrected chi connectivity index (χ4v) is 4.23. The van der Waals surface area contributed by atoms with Gasteiger partial charge in [-0.2, -0.15) is 0 Å². The maximum atomic E-state index is 12.8. The van der Waals surface area contributed by atoms with E-state index in [-0.39, 0.29) is 67.0 Å². The number of nitrogens with one attached hydrogen (secondary N) is 4. The van der Waals surface area contributed by atoms with E-state index in [0.29, 0.717) is 24.5 Å². The van der Waals surface area contributed by atoms with Gasteiger partial charge in [0.2, 0.25) is 5.82 Å². The minimum Gasteiger partial charge on any atom is -0.492 e. The minimum atomic E-state index is -0.357. The van der Waals surface area contributed by atoms with Crippen LogP contribution >= 0.6 is 37.2 Å². The first-order valence-electron chi connectivity index (χ1n) is 11.6. The molecule has 0 spiro atoms. The van der Waals surface area contributed by atoms with Crippen LogP contribution < -0.4 is 26.4 Å². The van der Waals surface area contributed by atoms with Crippen LogP contribution in [-0.2, 0) is 0 Å². The SMILES string of the molecule is Cc1ccc2nc(C(=O)NCCOc3ccccc3)nc(N[C@H]3CCCC[C@H]3NC(=N)N)c2c1.Cl.Cl.Cl. The molecule has 0 radical (unpaired) electrons. The molecule has 202 valence electrons. The Morgan fingerprint density at radius 2 is 1.76 bits per heavy atom. The third kappa shape index (κ3) is 8.80. The van der Waals surface area contributed by atoms with Crippen molar-refractivity contribution in [1.29, 1.82) is 5.41 Å². The summed E-state index contributed by atoms with van der Waals surface area (Å²) in [4.78, 5) is 21.9. The summed E-state index contributed by atoms with van der Waals surface area (Å²) in [5.41, 5.74) is 7.38. The fraction of sp³-hybridized carbons (Fsp3) is 0.360. The molecule has 1 aliphatic carbocycles. The molecule has 1 amide bonds. The van der Waals surface area contributed by atoms with Gasteiger partial charge in [0.1, 0.15) is 18.2 Å². The van der Waals surface area contributed by atoms with Crippen LogP contribution in [0.1, 0.15) is 41.9 Å². The van der Waals surface area contributed by atoms with E-state index in [9.17, 15) is 4.79 Å². The van der Waals surface area contributed by atoms with Crippen LogP contribution in [0.15, 0.2) is 48.5 Å². The zero-order valence-corrected chi connectivity index (χ0v) is 23.0. The topological polar surface area (TPSA) is 138 Å². The fourth-order valence-electron chi connectivity index (χ4n) is 4.23. The van der Waals surface area contributed by atoms with Crippen LogP contribution in [0.3, 0.4) is 0 Å². The number of aromatic nitrogens is 2. The van der Waals surface area contributed by atoms with Crippen molar-refractivity contribution in [3.05, 3.63) is 59.9 Å². The minimum absolute atomic E-state index is 0. The Morgan fingerprint density at radius 1 is 1.05 bits per heavy atom. The van der Waals surface area contributed by atoms with Gasteiger partial charge in [0, 0.05) is 17.5 Å². The number of anilines is 1. The summed E-state index contributed by atoms with van der Waals surface area (Å²) in [7, 11) is 0. The van der Waals surface area contributed by atoms with Crippen LogP contribution in [0.2, 0.25) is 0 Å². The van der Waals surface area contributed by atoms with Crippen LogP contribution in [0, 0.1) is 12.3 Å². The molecule has 2 atom stereocenters. The molecule has 12 heteroatoms. The number of fused-ring (bicyclic) bond motifs is 1. The number of ether oxygens (including phenoxy) is 1. The number of hydrogen-bond donors (Lipinski definition) is 5. The van der Waals surface area contributed by atoms with Crippen molar-refractivity contribution in [1.82, 2.24) is 20.6 Å². The molecule has 0 unspecified atom stereocenters. The molecule has 0 saturated heterocycles.